The highest BCUT2D eigenvalue weighted by atomic mass is 32.1. The summed E-state index contributed by atoms with van der Waals surface area (Å²) in [6.45, 7) is 3.46. The SMILES string of the molecule is COc1ccc(CN2CCN(C(=O)CCc3nc(-c4ccsc4)no3)CC2)cc1F. The third-order valence-corrected chi connectivity index (χ3v) is 5.83. The van der Waals surface area contributed by atoms with Crippen LogP contribution in [0.1, 0.15) is 17.9 Å². The lowest BCUT2D eigenvalue weighted by Gasteiger charge is -2.34. The standard InChI is InChI=1S/C21H23FN4O3S/c1-28-18-3-2-15(12-17(18)22)13-25-7-9-26(10-8-25)20(27)5-4-19-23-21(24-29-19)16-6-11-30-14-16/h2-3,6,11-12,14H,4-5,7-10,13H2,1H3. The molecule has 0 atom stereocenters. The van der Waals surface area contributed by atoms with Gasteiger partial charge in [0.15, 0.2) is 11.6 Å². The van der Waals surface area contributed by atoms with Gasteiger partial charge in [-0.1, -0.05) is 11.2 Å². The van der Waals surface area contributed by atoms with E-state index in [4.69, 9.17) is 9.26 Å². The largest absolute Gasteiger partial charge is 0.494 e. The van der Waals surface area contributed by atoms with Crippen LogP contribution in [0.4, 0.5) is 4.39 Å². The number of hydrogen-bond acceptors (Lipinski definition) is 7. The van der Waals surface area contributed by atoms with Crippen molar-refractivity contribution < 1.29 is 18.4 Å². The highest BCUT2D eigenvalue weighted by Crippen LogP contribution is 2.20. The number of nitrogens with zero attached hydrogens (tertiary/aromatic N) is 4. The smallest absolute Gasteiger partial charge is 0.227 e. The van der Waals surface area contributed by atoms with Gasteiger partial charge in [-0.3, -0.25) is 9.69 Å². The van der Waals surface area contributed by atoms with Gasteiger partial charge in [-0.25, -0.2) is 4.39 Å². The summed E-state index contributed by atoms with van der Waals surface area (Å²) in [6, 6.07) is 6.95. The van der Waals surface area contributed by atoms with E-state index in [0.29, 0.717) is 44.2 Å². The molecule has 0 saturated carbocycles. The van der Waals surface area contributed by atoms with Gasteiger partial charge in [0.05, 0.1) is 7.11 Å². The first-order valence-corrected chi connectivity index (χ1v) is 10.7. The Bertz CT molecular complexity index is 984. The van der Waals surface area contributed by atoms with Crippen molar-refractivity contribution in [3.05, 3.63) is 52.3 Å². The number of amides is 1. The van der Waals surface area contributed by atoms with Gasteiger partial charge in [0, 0.05) is 56.5 Å². The fraction of sp³-hybridized carbons (Fsp3) is 0.381. The first-order valence-electron chi connectivity index (χ1n) is 9.80. The molecular weight excluding hydrogens is 407 g/mol. The van der Waals surface area contributed by atoms with Crippen molar-refractivity contribution >= 4 is 17.2 Å². The molecule has 30 heavy (non-hydrogen) atoms. The second-order valence-corrected chi connectivity index (χ2v) is 7.93. The van der Waals surface area contributed by atoms with Gasteiger partial charge in [-0.2, -0.15) is 16.3 Å². The van der Waals surface area contributed by atoms with Crippen molar-refractivity contribution in [2.75, 3.05) is 33.3 Å². The number of halogens is 1. The number of methoxy groups -OCH3 is 1. The normalized spacial score (nSPS) is 14.8. The van der Waals surface area contributed by atoms with Gasteiger partial charge in [0.2, 0.25) is 17.6 Å². The van der Waals surface area contributed by atoms with Crippen molar-refractivity contribution in [1.29, 1.82) is 0 Å². The molecule has 3 heterocycles. The molecule has 0 bridgehead atoms. The summed E-state index contributed by atoms with van der Waals surface area (Å²) in [4.78, 5) is 21.0. The number of ether oxygens (including phenoxy) is 1. The van der Waals surface area contributed by atoms with Crippen LogP contribution in [-0.2, 0) is 17.8 Å². The van der Waals surface area contributed by atoms with Crippen LogP contribution in [-0.4, -0.2) is 59.1 Å². The second kappa shape index (κ2) is 9.36. The van der Waals surface area contributed by atoms with E-state index >= 15 is 0 Å². The van der Waals surface area contributed by atoms with Gasteiger partial charge in [-0.05, 0) is 29.1 Å². The van der Waals surface area contributed by atoms with E-state index in [2.05, 4.69) is 15.0 Å². The fourth-order valence-electron chi connectivity index (χ4n) is 3.46. The Morgan fingerprint density at radius 2 is 2.10 bits per heavy atom. The maximum Gasteiger partial charge on any atom is 0.227 e. The maximum atomic E-state index is 13.9. The van der Waals surface area contributed by atoms with Crippen LogP contribution in [0.25, 0.3) is 11.4 Å². The van der Waals surface area contributed by atoms with Gasteiger partial charge in [0.25, 0.3) is 0 Å². The third kappa shape index (κ3) is 4.85. The minimum Gasteiger partial charge on any atom is -0.494 e. The highest BCUT2D eigenvalue weighted by molar-refractivity contribution is 7.08. The van der Waals surface area contributed by atoms with E-state index in [-0.39, 0.29) is 17.5 Å². The molecule has 0 aliphatic carbocycles. The minimum atomic E-state index is -0.355. The summed E-state index contributed by atoms with van der Waals surface area (Å²) in [5, 5.41) is 7.89. The van der Waals surface area contributed by atoms with Gasteiger partial charge in [0.1, 0.15) is 0 Å². The Morgan fingerprint density at radius 3 is 2.80 bits per heavy atom. The van der Waals surface area contributed by atoms with Crippen molar-refractivity contribution in [2.24, 2.45) is 0 Å². The molecule has 158 valence electrons. The van der Waals surface area contributed by atoms with Gasteiger partial charge in [-0.15, -0.1) is 0 Å². The topological polar surface area (TPSA) is 71.7 Å². The van der Waals surface area contributed by atoms with E-state index in [9.17, 15) is 9.18 Å². The minimum absolute atomic E-state index is 0.0837. The summed E-state index contributed by atoms with van der Waals surface area (Å²) in [5.74, 6) is 1.01. The molecule has 1 saturated heterocycles. The monoisotopic (exact) mass is 430 g/mol. The summed E-state index contributed by atoms with van der Waals surface area (Å²) in [6.07, 6.45) is 0.774. The van der Waals surface area contributed by atoms with Crippen molar-refractivity contribution in [1.82, 2.24) is 19.9 Å². The van der Waals surface area contributed by atoms with E-state index in [0.717, 1.165) is 24.2 Å². The van der Waals surface area contributed by atoms with Crippen LogP contribution in [0, 0.1) is 5.82 Å². The molecule has 1 aliphatic heterocycles. The van der Waals surface area contributed by atoms with Crippen LogP contribution >= 0.6 is 11.3 Å². The van der Waals surface area contributed by atoms with Crippen LogP contribution in [0.3, 0.4) is 0 Å². The number of benzene rings is 1. The molecule has 0 radical (unpaired) electrons. The summed E-state index contributed by atoms with van der Waals surface area (Å²) < 4.78 is 24.1. The molecular formula is C21H23FN4O3S. The quantitative estimate of drug-likeness (QED) is 0.573. The summed E-state index contributed by atoms with van der Waals surface area (Å²) in [7, 11) is 1.45. The van der Waals surface area contributed by atoms with E-state index in [1.807, 2.05) is 27.8 Å². The zero-order valence-corrected chi connectivity index (χ0v) is 17.5. The van der Waals surface area contributed by atoms with Crippen molar-refractivity contribution in [3.8, 4) is 17.1 Å². The van der Waals surface area contributed by atoms with Crippen molar-refractivity contribution in [3.63, 3.8) is 0 Å². The Kier molecular flexibility index (Phi) is 6.39. The van der Waals surface area contributed by atoms with Gasteiger partial charge >= 0.3 is 0 Å². The number of hydrogen-bond donors (Lipinski definition) is 0. The molecule has 1 aromatic carbocycles. The fourth-order valence-corrected chi connectivity index (χ4v) is 4.09. The van der Waals surface area contributed by atoms with Crippen LogP contribution in [0.5, 0.6) is 5.75 Å². The molecule has 7 nitrogen and oxygen atoms in total. The molecule has 2 aromatic heterocycles. The summed E-state index contributed by atoms with van der Waals surface area (Å²) in [5.41, 5.74) is 1.82. The molecule has 0 spiro atoms. The Hall–Kier alpha value is -2.78. The molecule has 3 aromatic rings. The highest BCUT2D eigenvalue weighted by Gasteiger charge is 2.22. The number of carbonyl (C=O) groups excluding carboxylic acids is 1. The Morgan fingerprint density at radius 1 is 1.27 bits per heavy atom. The molecule has 0 unspecified atom stereocenters. The molecule has 4 rings (SSSR count). The number of rotatable bonds is 7. The number of thiophene rings is 1. The van der Waals surface area contributed by atoms with Crippen LogP contribution in [0.15, 0.2) is 39.5 Å². The molecule has 9 heteroatoms. The van der Waals surface area contributed by atoms with E-state index < -0.39 is 0 Å². The number of aromatic nitrogens is 2. The zero-order chi connectivity index (χ0) is 20.9. The maximum absolute atomic E-state index is 13.9. The first-order chi connectivity index (χ1) is 14.6. The van der Waals surface area contributed by atoms with E-state index in [1.165, 1.54) is 13.2 Å². The average Bonchev–Trinajstić information content (AvgIpc) is 3.45. The molecule has 1 fully saturated rings. The number of carbonyl (C=O) groups is 1. The molecule has 1 aliphatic rings. The van der Waals surface area contributed by atoms with Crippen LogP contribution < -0.4 is 4.74 Å². The predicted octanol–water partition coefficient (Wildman–Crippen LogP) is 3.22. The van der Waals surface area contributed by atoms with Gasteiger partial charge < -0.3 is 14.2 Å². The van der Waals surface area contributed by atoms with Crippen LogP contribution in [0.2, 0.25) is 0 Å². The summed E-state index contributed by atoms with van der Waals surface area (Å²) >= 11 is 1.57. The second-order valence-electron chi connectivity index (χ2n) is 7.15. The molecule has 1 amide bonds. The molecule has 0 N–H and O–H groups in total. The van der Waals surface area contributed by atoms with Crippen molar-refractivity contribution in [2.45, 2.75) is 19.4 Å². The predicted molar refractivity (Wildman–Crippen MR) is 111 cm³/mol. The number of aryl methyl sites for hydroxylation is 1. The Labute approximate surface area is 178 Å². The van der Waals surface area contributed by atoms with E-state index in [1.54, 1.807) is 17.4 Å². The lowest BCUT2D eigenvalue weighted by Crippen LogP contribution is -2.48. The lowest BCUT2D eigenvalue weighted by molar-refractivity contribution is -0.133. The number of piperazine rings is 1. The average molecular weight is 431 g/mol. The third-order valence-electron chi connectivity index (χ3n) is 5.15. The first kappa shape index (κ1) is 20.5. The lowest BCUT2D eigenvalue weighted by atomic mass is 10.1. The Balaban J connectivity index is 1.23. The zero-order valence-electron chi connectivity index (χ0n) is 16.7.